The molecule has 2 aromatic heterocycles. The summed E-state index contributed by atoms with van der Waals surface area (Å²) in [5.41, 5.74) is 9.05. The number of nitrogens with zero attached hydrogens (tertiary/aromatic N) is 3. The van der Waals surface area contributed by atoms with Gasteiger partial charge in [0.05, 0.1) is 46.9 Å². The molecule has 1 aliphatic rings. The molecular formula is C46H37N3O4S. The highest BCUT2D eigenvalue weighted by molar-refractivity contribution is 7.07. The lowest BCUT2D eigenvalue weighted by Gasteiger charge is -2.26. The monoisotopic (exact) mass is 727 g/mol. The van der Waals surface area contributed by atoms with Gasteiger partial charge in [-0.25, -0.2) is 9.79 Å². The van der Waals surface area contributed by atoms with Gasteiger partial charge in [-0.1, -0.05) is 132 Å². The normalized spacial score (nSPS) is 14.1. The molecule has 7 nitrogen and oxygen atoms in total. The molecule has 5 aromatic carbocycles. The molecule has 1 aliphatic heterocycles. The molecule has 8 heteroatoms. The first-order chi connectivity index (χ1) is 26.4. The van der Waals surface area contributed by atoms with E-state index in [0.717, 1.165) is 44.9 Å². The fourth-order valence-corrected chi connectivity index (χ4v) is 7.99. The maximum Gasteiger partial charge on any atom is 0.338 e. The zero-order valence-corrected chi connectivity index (χ0v) is 30.9. The fourth-order valence-electron chi connectivity index (χ4n) is 7.00. The molecule has 54 heavy (non-hydrogen) atoms. The van der Waals surface area contributed by atoms with Crippen LogP contribution in [0.25, 0.3) is 40.0 Å². The van der Waals surface area contributed by atoms with Crippen molar-refractivity contribution in [3.8, 4) is 34.0 Å². The third kappa shape index (κ3) is 6.41. The van der Waals surface area contributed by atoms with Gasteiger partial charge in [-0.15, -0.1) is 0 Å². The summed E-state index contributed by atoms with van der Waals surface area (Å²) in [5.74, 6) is 0.140. The zero-order valence-electron chi connectivity index (χ0n) is 30.1. The van der Waals surface area contributed by atoms with Gasteiger partial charge in [0.2, 0.25) is 0 Å². The number of thiazole rings is 1. The molecule has 1 atom stereocenters. The maximum atomic E-state index is 14.9. The number of benzene rings is 5. The standard InChI is InChI=1S/C46H37N3O4S/c1-4-53-45(51)40-41(32-16-10-6-11-17-32)47-46-49(43(40)34-22-26-37(52-3)27-23-34)44(50)39(54-46)29-35-28-38(31-14-8-5-9-15-31)48(36-24-20-30(2)21-25-36)42(35)33-18-12-7-13-19-33/h5-29,43H,4H2,1-3H3/b39-29+/t43-/m0/s1. The Hall–Kier alpha value is -6.51. The lowest BCUT2D eigenvalue weighted by molar-refractivity contribution is -0.138. The van der Waals surface area contributed by atoms with Crippen molar-refractivity contribution >= 4 is 29.1 Å². The minimum Gasteiger partial charge on any atom is -0.497 e. The van der Waals surface area contributed by atoms with Crippen LogP contribution in [0.2, 0.25) is 0 Å². The van der Waals surface area contributed by atoms with Gasteiger partial charge in [-0.2, -0.15) is 0 Å². The van der Waals surface area contributed by atoms with E-state index in [-0.39, 0.29) is 12.2 Å². The van der Waals surface area contributed by atoms with E-state index in [2.05, 4.69) is 66.1 Å². The van der Waals surface area contributed by atoms with E-state index in [1.54, 1.807) is 18.6 Å². The zero-order chi connectivity index (χ0) is 37.2. The van der Waals surface area contributed by atoms with Gasteiger partial charge < -0.3 is 14.0 Å². The van der Waals surface area contributed by atoms with Gasteiger partial charge in [-0.05, 0) is 66.9 Å². The SMILES string of the molecule is CCOC(=O)C1=C(c2ccccc2)N=c2s/c(=C/c3cc(-c4ccccc4)n(-c4ccc(C)cc4)c3-c3ccccc3)c(=O)n2[C@H]1c1ccc(OC)cc1. The molecule has 0 aliphatic carbocycles. The second kappa shape index (κ2) is 14.8. The molecule has 0 bridgehead atoms. The average Bonchev–Trinajstić information content (AvgIpc) is 3.75. The minimum atomic E-state index is -0.797. The lowest BCUT2D eigenvalue weighted by atomic mass is 9.93. The molecule has 0 amide bonds. The summed E-state index contributed by atoms with van der Waals surface area (Å²) in [7, 11) is 1.61. The van der Waals surface area contributed by atoms with Crippen LogP contribution in [-0.4, -0.2) is 28.8 Å². The number of fused-ring (bicyclic) bond motifs is 1. The molecule has 0 unspecified atom stereocenters. The van der Waals surface area contributed by atoms with Gasteiger partial charge in [0.25, 0.3) is 5.56 Å². The van der Waals surface area contributed by atoms with Gasteiger partial charge in [0, 0.05) is 16.8 Å². The van der Waals surface area contributed by atoms with E-state index in [4.69, 9.17) is 14.5 Å². The molecule has 0 saturated carbocycles. The first kappa shape index (κ1) is 34.6. The van der Waals surface area contributed by atoms with E-state index < -0.39 is 12.0 Å². The number of hydrogen-bond donors (Lipinski definition) is 0. The van der Waals surface area contributed by atoms with Crippen molar-refractivity contribution in [2.45, 2.75) is 19.9 Å². The Morgan fingerprint density at radius 1 is 0.796 bits per heavy atom. The van der Waals surface area contributed by atoms with Crippen LogP contribution in [0.3, 0.4) is 0 Å². The Morgan fingerprint density at radius 3 is 2.02 bits per heavy atom. The van der Waals surface area contributed by atoms with Crippen LogP contribution in [0, 0.1) is 6.92 Å². The van der Waals surface area contributed by atoms with Crippen molar-refractivity contribution in [2.75, 3.05) is 13.7 Å². The Morgan fingerprint density at radius 2 is 1.41 bits per heavy atom. The van der Waals surface area contributed by atoms with Crippen LogP contribution in [0.5, 0.6) is 5.75 Å². The fraction of sp³-hybridized carbons (Fsp3) is 0.109. The number of aromatic nitrogens is 2. The molecule has 0 N–H and O–H groups in total. The number of ether oxygens (including phenoxy) is 2. The Kier molecular flexibility index (Phi) is 9.51. The highest BCUT2D eigenvalue weighted by Gasteiger charge is 2.35. The molecule has 8 rings (SSSR count). The third-order valence-corrected chi connectivity index (χ3v) is 10.5. The highest BCUT2D eigenvalue weighted by Crippen LogP contribution is 2.38. The maximum absolute atomic E-state index is 14.9. The van der Waals surface area contributed by atoms with E-state index in [1.807, 2.05) is 97.1 Å². The predicted octanol–water partition coefficient (Wildman–Crippen LogP) is 8.38. The highest BCUT2D eigenvalue weighted by atomic mass is 32.1. The number of esters is 1. The number of methoxy groups -OCH3 is 1. The van der Waals surface area contributed by atoms with Crippen molar-refractivity contribution in [3.05, 3.63) is 193 Å². The van der Waals surface area contributed by atoms with Crippen molar-refractivity contribution in [3.63, 3.8) is 0 Å². The van der Waals surface area contributed by atoms with Crippen LogP contribution >= 0.6 is 11.3 Å². The van der Waals surface area contributed by atoms with Crippen molar-refractivity contribution in [2.24, 2.45) is 4.99 Å². The number of carbonyl (C=O) groups is 1. The first-order valence-corrected chi connectivity index (χ1v) is 18.6. The molecule has 7 aromatic rings. The number of aryl methyl sites for hydroxylation is 1. The molecule has 0 fully saturated rings. The Labute approximate surface area is 317 Å². The van der Waals surface area contributed by atoms with Crippen LogP contribution in [0.1, 0.15) is 35.2 Å². The van der Waals surface area contributed by atoms with Crippen LogP contribution in [-0.2, 0) is 9.53 Å². The lowest BCUT2D eigenvalue weighted by Crippen LogP contribution is -2.40. The third-order valence-electron chi connectivity index (χ3n) is 9.53. The summed E-state index contributed by atoms with van der Waals surface area (Å²) in [6, 6.07) is 47.4. The van der Waals surface area contributed by atoms with E-state index in [1.165, 1.54) is 16.9 Å². The summed E-state index contributed by atoms with van der Waals surface area (Å²) >= 11 is 1.31. The topological polar surface area (TPSA) is 74.8 Å². The van der Waals surface area contributed by atoms with Crippen LogP contribution in [0.4, 0.5) is 0 Å². The van der Waals surface area contributed by atoms with Crippen molar-refractivity contribution in [1.29, 1.82) is 0 Å². The van der Waals surface area contributed by atoms with E-state index in [9.17, 15) is 9.59 Å². The number of hydrogen-bond acceptors (Lipinski definition) is 6. The summed E-state index contributed by atoms with van der Waals surface area (Å²) in [5, 5.41) is 0. The number of rotatable bonds is 9. The van der Waals surface area contributed by atoms with Gasteiger partial charge in [0.15, 0.2) is 4.80 Å². The average molecular weight is 728 g/mol. The quantitative estimate of drug-likeness (QED) is 0.140. The second-order valence-electron chi connectivity index (χ2n) is 12.9. The summed E-state index contributed by atoms with van der Waals surface area (Å²) in [4.78, 5) is 34.4. The van der Waals surface area contributed by atoms with E-state index >= 15 is 0 Å². The smallest absolute Gasteiger partial charge is 0.338 e. The molecule has 3 heterocycles. The largest absolute Gasteiger partial charge is 0.497 e. The molecule has 0 spiro atoms. The molecule has 0 saturated heterocycles. The van der Waals surface area contributed by atoms with Crippen LogP contribution < -0.4 is 19.6 Å². The second-order valence-corrected chi connectivity index (χ2v) is 14.0. The van der Waals surface area contributed by atoms with Gasteiger partial charge in [0.1, 0.15) is 5.75 Å². The molecule has 0 radical (unpaired) electrons. The van der Waals surface area contributed by atoms with Crippen molar-refractivity contribution in [1.82, 2.24) is 9.13 Å². The summed E-state index contributed by atoms with van der Waals surface area (Å²) < 4.78 is 15.5. The van der Waals surface area contributed by atoms with Crippen molar-refractivity contribution < 1.29 is 14.3 Å². The van der Waals surface area contributed by atoms with Gasteiger partial charge in [-0.3, -0.25) is 9.36 Å². The number of carbonyl (C=O) groups excluding carboxylic acids is 1. The molecular weight excluding hydrogens is 691 g/mol. The Bertz CT molecular complexity index is 2680. The molecule has 266 valence electrons. The first-order valence-electron chi connectivity index (χ1n) is 17.8. The Balaban J connectivity index is 1.42. The summed E-state index contributed by atoms with van der Waals surface area (Å²) in [6.45, 7) is 4.03. The van der Waals surface area contributed by atoms with Crippen LogP contribution in [0.15, 0.2) is 161 Å². The van der Waals surface area contributed by atoms with Gasteiger partial charge >= 0.3 is 5.97 Å². The minimum absolute atomic E-state index is 0.175. The summed E-state index contributed by atoms with van der Waals surface area (Å²) in [6.07, 6.45) is 1.96. The predicted molar refractivity (Wildman–Crippen MR) is 215 cm³/mol. The van der Waals surface area contributed by atoms with E-state index in [0.29, 0.717) is 26.4 Å².